The molecule has 2 aromatic rings. The maximum atomic E-state index is 14.8. The fourth-order valence-electron chi connectivity index (χ4n) is 3.32. The Hall–Kier alpha value is -3.10. The van der Waals surface area contributed by atoms with Crippen molar-refractivity contribution in [3.63, 3.8) is 0 Å². The maximum Gasteiger partial charge on any atom is 0.431 e. The minimum atomic E-state index is -4.72. The number of nitrogens with two attached hydrogens (primary N) is 1. The first-order valence-corrected chi connectivity index (χ1v) is 7.88. The summed E-state index contributed by atoms with van der Waals surface area (Å²) in [6.45, 7) is 4.76. The van der Waals surface area contributed by atoms with Crippen molar-refractivity contribution < 1.29 is 27.2 Å². The second-order valence-corrected chi connectivity index (χ2v) is 6.17. The van der Waals surface area contributed by atoms with Crippen molar-refractivity contribution in [2.24, 2.45) is 5.73 Å². The molecule has 0 spiro atoms. The van der Waals surface area contributed by atoms with Gasteiger partial charge in [0.05, 0.1) is 11.1 Å². The van der Waals surface area contributed by atoms with Gasteiger partial charge in [-0.2, -0.15) is 13.2 Å². The number of primary amides is 1. The number of fused-ring (bicyclic) bond motifs is 1. The van der Waals surface area contributed by atoms with Gasteiger partial charge in [-0.05, 0) is 30.2 Å². The molecule has 1 aromatic carbocycles. The van der Waals surface area contributed by atoms with Gasteiger partial charge < -0.3 is 15.6 Å². The van der Waals surface area contributed by atoms with Gasteiger partial charge in [-0.3, -0.25) is 9.59 Å². The Morgan fingerprint density at radius 1 is 1.37 bits per heavy atom. The van der Waals surface area contributed by atoms with Gasteiger partial charge in [0.25, 0.3) is 5.91 Å². The van der Waals surface area contributed by atoms with E-state index in [1.165, 1.54) is 11.8 Å². The predicted molar refractivity (Wildman–Crippen MR) is 91.3 cm³/mol. The van der Waals surface area contributed by atoms with Crippen LogP contribution in [0.4, 0.5) is 17.6 Å². The van der Waals surface area contributed by atoms with Crippen LogP contribution in [0.25, 0.3) is 16.5 Å². The molecule has 3 N–H and O–H groups in total. The number of hydrogen-bond donors (Lipinski definition) is 2. The first kappa shape index (κ1) is 18.7. The molecule has 0 fully saturated rings. The quantitative estimate of drug-likeness (QED) is 0.633. The van der Waals surface area contributed by atoms with Crippen molar-refractivity contribution in [3.05, 3.63) is 53.0 Å². The summed E-state index contributed by atoms with van der Waals surface area (Å²) < 4.78 is 54.8. The molecule has 0 aliphatic carbocycles. The maximum absolute atomic E-state index is 14.8. The number of alkyl halides is 3. The predicted octanol–water partition coefficient (Wildman–Crippen LogP) is 3.14. The number of aromatic amines is 1. The van der Waals surface area contributed by atoms with Crippen molar-refractivity contribution in [1.82, 2.24) is 9.88 Å². The molecular formula is C18H15F4N3O2. The number of amides is 2. The minimum absolute atomic E-state index is 0.0127. The van der Waals surface area contributed by atoms with Gasteiger partial charge in [-0.25, -0.2) is 4.39 Å². The third kappa shape index (κ3) is 2.98. The number of hydrogen-bond acceptors (Lipinski definition) is 2. The molecule has 2 amide bonds. The Balaban J connectivity index is 2.28. The van der Waals surface area contributed by atoms with Crippen LogP contribution in [-0.2, 0) is 11.0 Å². The molecule has 0 unspecified atom stereocenters. The molecular weight excluding hydrogens is 366 g/mol. The number of rotatable bonds is 3. The zero-order chi connectivity index (χ0) is 20.1. The van der Waals surface area contributed by atoms with E-state index in [0.29, 0.717) is 5.57 Å². The van der Waals surface area contributed by atoms with E-state index in [1.807, 2.05) is 0 Å². The molecule has 0 atom stereocenters. The van der Waals surface area contributed by atoms with Gasteiger partial charge in [0.1, 0.15) is 11.5 Å². The highest BCUT2D eigenvalue weighted by molar-refractivity contribution is 6.09. The van der Waals surface area contributed by atoms with E-state index in [-0.39, 0.29) is 46.6 Å². The Bertz CT molecular complexity index is 1020. The summed E-state index contributed by atoms with van der Waals surface area (Å²) >= 11 is 0. The van der Waals surface area contributed by atoms with E-state index in [2.05, 4.69) is 11.6 Å². The van der Waals surface area contributed by atoms with Crippen LogP contribution in [0.2, 0.25) is 0 Å². The van der Waals surface area contributed by atoms with Crippen molar-refractivity contribution in [3.8, 4) is 0 Å². The summed E-state index contributed by atoms with van der Waals surface area (Å²) in [5.41, 5.74) is 3.60. The van der Waals surface area contributed by atoms with Crippen LogP contribution >= 0.6 is 0 Å². The molecule has 1 aliphatic rings. The molecule has 142 valence electrons. The number of benzene rings is 1. The van der Waals surface area contributed by atoms with Gasteiger partial charge in [-0.15, -0.1) is 0 Å². The van der Waals surface area contributed by atoms with Crippen LogP contribution < -0.4 is 5.73 Å². The van der Waals surface area contributed by atoms with E-state index in [4.69, 9.17) is 5.73 Å². The van der Waals surface area contributed by atoms with Crippen molar-refractivity contribution >= 4 is 28.3 Å². The van der Waals surface area contributed by atoms with E-state index in [1.54, 1.807) is 6.08 Å². The smallest absolute Gasteiger partial charge is 0.366 e. The average Bonchev–Trinajstić information content (AvgIpc) is 3.19. The second-order valence-electron chi connectivity index (χ2n) is 6.17. The Kier molecular flexibility index (Phi) is 4.33. The molecule has 0 saturated carbocycles. The van der Waals surface area contributed by atoms with Crippen LogP contribution in [0, 0.1) is 12.7 Å². The van der Waals surface area contributed by atoms with Crippen LogP contribution in [0.15, 0.2) is 24.8 Å². The molecule has 9 heteroatoms. The highest BCUT2D eigenvalue weighted by atomic mass is 19.4. The summed E-state index contributed by atoms with van der Waals surface area (Å²) in [4.78, 5) is 26.9. The zero-order valence-corrected chi connectivity index (χ0v) is 14.2. The number of aryl methyl sites for hydroxylation is 1. The molecule has 0 radical (unpaired) electrons. The molecule has 5 nitrogen and oxygen atoms in total. The fraction of sp³-hybridized carbons (Fsp3) is 0.222. The molecule has 1 aromatic heterocycles. The third-order valence-electron chi connectivity index (χ3n) is 4.55. The standard InChI is InChI=1S/C18H15F4N3O2/c1-3-12(26)25-5-4-9(7-25)14-11(19)6-10(17(23)27)15-13(14)8(2)16(24-15)18(20,21)22/h3-4,6,24H,1,5,7H2,2H3,(H2,23,27). The van der Waals surface area contributed by atoms with Crippen molar-refractivity contribution in [2.75, 3.05) is 13.1 Å². The number of carbonyl (C=O) groups is 2. The summed E-state index contributed by atoms with van der Waals surface area (Å²) in [7, 11) is 0. The van der Waals surface area contributed by atoms with Gasteiger partial charge in [0, 0.05) is 24.0 Å². The Labute approximate surface area is 151 Å². The highest BCUT2D eigenvalue weighted by Gasteiger charge is 2.37. The molecule has 3 rings (SSSR count). The first-order chi connectivity index (χ1) is 12.6. The van der Waals surface area contributed by atoms with Crippen LogP contribution in [0.1, 0.15) is 27.2 Å². The van der Waals surface area contributed by atoms with Gasteiger partial charge in [0.2, 0.25) is 5.91 Å². The number of H-pyrrole nitrogens is 1. The van der Waals surface area contributed by atoms with Crippen LogP contribution in [-0.4, -0.2) is 34.8 Å². The third-order valence-corrected chi connectivity index (χ3v) is 4.55. The van der Waals surface area contributed by atoms with Gasteiger partial charge in [-0.1, -0.05) is 12.7 Å². The lowest BCUT2D eigenvalue weighted by Gasteiger charge is -2.15. The number of carbonyl (C=O) groups excluding carboxylic acids is 2. The summed E-state index contributed by atoms with van der Waals surface area (Å²) in [6, 6.07) is 0.814. The van der Waals surface area contributed by atoms with Crippen LogP contribution in [0.5, 0.6) is 0 Å². The number of nitrogens with zero attached hydrogens (tertiary/aromatic N) is 1. The topological polar surface area (TPSA) is 79.2 Å². The van der Waals surface area contributed by atoms with Gasteiger partial charge >= 0.3 is 6.18 Å². The zero-order valence-electron chi connectivity index (χ0n) is 14.2. The summed E-state index contributed by atoms with van der Waals surface area (Å²) in [5.74, 6) is -2.32. The number of aromatic nitrogens is 1. The SMILES string of the molecule is C=CC(=O)N1CC=C(c2c(F)cc(C(N)=O)c3[nH]c(C(F)(F)F)c(C)c23)C1. The van der Waals surface area contributed by atoms with Crippen molar-refractivity contribution in [1.29, 1.82) is 0 Å². The lowest BCUT2D eigenvalue weighted by Crippen LogP contribution is -2.26. The van der Waals surface area contributed by atoms with E-state index >= 15 is 0 Å². The Morgan fingerprint density at radius 3 is 2.59 bits per heavy atom. The molecule has 0 bridgehead atoms. The number of halogens is 4. The first-order valence-electron chi connectivity index (χ1n) is 7.88. The van der Waals surface area contributed by atoms with E-state index in [0.717, 1.165) is 12.1 Å². The lowest BCUT2D eigenvalue weighted by molar-refractivity contribution is -0.141. The van der Waals surface area contributed by atoms with E-state index in [9.17, 15) is 27.2 Å². The average molecular weight is 381 g/mol. The highest BCUT2D eigenvalue weighted by Crippen LogP contribution is 2.40. The molecule has 1 aliphatic heterocycles. The normalized spacial score (nSPS) is 14.6. The monoisotopic (exact) mass is 381 g/mol. The Morgan fingerprint density at radius 2 is 2.04 bits per heavy atom. The number of nitrogens with one attached hydrogen (secondary N) is 1. The molecule has 0 saturated heterocycles. The van der Waals surface area contributed by atoms with Crippen LogP contribution in [0.3, 0.4) is 0 Å². The molecule has 27 heavy (non-hydrogen) atoms. The second kappa shape index (κ2) is 6.26. The van der Waals surface area contributed by atoms with Crippen molar-refractivity contribution in [2.45, 2.75) is 13.1 Å². The van der Waals surface area contributed by atoms with Gasteiger partial charge in [0.15, 0.2) is 0 Å². The molecule has 2 heterocycles. The summed E-state index contributed by atoms with van der Waals surface area (Å²) in [5, 5.41) is -0.0738. The van der Waals surface area contributed by atoms with E-state index < -0.39 is 23.6 Å². The minimum Gasteiger partial charge on any atom is -0.366 e. The fourth-order valence-corrected chi connectivity index (χ4v) is 3.32. The largest absolute Gasteiger partial charge is 0.431 e. The lowest BCUT2D eigenvalue weighted by atomic mass is 9.95. The summed E-state index contributed by atoms with van der Waals surface area (Å²) in [6.07, 6.45) is -2.06.